The Labute approximate surface area is 177 Å². The molecule has 1 saturated heterocycles. The van der Waals surface area contributed by atoms with Crippen molar-refractivity contribution in [3.8, 4) is 11.6 Å². The van der Waals surface area contributed by atoms with Crippen LogP contribution in [0.15, 0.2) is 36.4 Å². The van der Waals surface area contributed by atoms with Gasteiger partial charge in [-0.2, -0.15) is 0 Å². The first-order valence-corrected chi connectivity index (χ1v) is 12.3. The van der Waals surface area contributed by atoms with Gasteiger partial charge in [0.1, 0.15) is 6.61 Å². The Morgan fingerprint density at radius 1 is 1.13 bits per heavy atom. The summed E-state index contributed by atoms with van der Waals surface area (Å²) in [5.74, 6) is 3.02. The summed E-state index contributed by atoms with van der Waals surface area (Å²) in [5, 5.41) is 0. The van der Waals surface area contributed by atoms with Gasteiger partial charge in [-0.15, -0.1) is 0 Å². The molecule has 1 saturated carbocycles. The van der Waals surface area contributed by atoms with E-state index in [9.17, 15) is 8.42 Å². The van der Waals surface area contributed by atoms with Crippen LogP contribution in [0.25, 0.3) is 0 Å². The van der Waals surface area contributed by atoms with E-state index >= 15 is 0 Å². The van der Waals surface area contributed by atoms with Crippen LogP contribution in [0.3, 0.4) is 0 Å². The zero-order chi connectivity index (χ0) is 20.9. The van der Waals surface area contributed by atoms with Gasteiger partial charge in [-0.1, -0.05) is 24.3 Å². The molecule has 7 nitrogen and oxygen atoms in total. The number of fused-ring (bicyclic) bond motifs is 2. The highest BCUT2D eigenvalue weighted by Gasteiger charge is 2.55. The van der Waals surface area contributed by atoms with Crippen LogP contribution >= 0.6 is 0 Å². The second-order valence-electron chi connectivity index (χ2n) is 8.72. The van der Waals surface area contributed by atoms with E-state index in [1.807, 2.05) is 19.1 Å². The molecule has 1 aromatic carbocycles. The number of pyridine rings is 1. The number of nitrogens with zero attached hydrogens (tertiary/aromatic N) is 2. The fourth-order valence-electron chi connectivity index (χ4n) is 4.73. The van der Waals surface area contributed by atoms with E-state index in [-0.39, 0.29) is 6.10 Å². The maximum absolute atomic E-state index is 11.3. The summed E-state index contributed by atoms with van der Waals surface area (Å²) in [6.07, 6.45) is 1.07. The number of piperidine rings is 1. The number of aromatic nitrogens is 1. The zero-order valence-corrected chi connectivity index (χ0v) is 18.1. The lowest BCUT2D eigenvalue weighted by Crippen LogP contribution is -2.29. The quantitative estimate of drug-likeness (QED) is 0.758. The van der Waals surface area contributed by atoms with Crippen LogP contribution in [0.1, 0.15) is 22.9 Å². The number of likely N-dealkylation sites (tertiary alicyclic amines) is 1. The number of ether oxygens (including phenoxy) is 2. The van der Waals surface area contributed by atoms with Gasteiger partial charge in [0.2, 0.25) is 10.0 Å². The number of hydrogen-bond donors (Lipinski definition) is 1. The highest BCUT2D eigenvalue weighted by molar-refractivity contribution is 7.88. The summed E-state index contributed by atoms with van der Waals surface area (Å²) in [4.78, 5) is 6.89. The minimum atomic E-state index is -3.09. The minimum absolute atomic E-state index is 0.150. The van der Waals surface area contributed by atoms with Crippen LogP contribution in [-0.4, -0.2) is 50.8 Å². The van der Waals surface area contributed by atoms with Gasteiger partial charge in [0.15, 0.2) is 11.9 Å². The number of benzene rings is 1. The second kappa shape index (κ2) is 7.51. The molecule has 1 aliphatic carbocycles. The molecule has 30 heavy (non-hydrogen) atoms. The van der Waals surface area contributed by atoms with Crippen molar-refractivity contribution in [1.29, 1.82) is 0 Å². The molecule has 4 atom stereocenters. The predicted molar refractivity (Wildman–Crippen MR) is 113 cm³/mol. The number of sulfonamides is 1. The predicted octanol–water partition coefficient (Wildman–Crippen LogP) is 2.13. The van der Waals surface area contributed by atoms with Gasteiger partial charge in [0.25, 0.3) is 5.88 Å². The Bertz CT molecular complexity index is 1030. The molecule has 0 bridgehead atoms. The molecule has 5 rings (SSSR count). The summed E-state index contributed by atoms with van der Waals surface area (Å²) in [6, 6.07) is 12.4. The smallest absolute Gasteiger partial charge is 0.257 e. The lowest BCUT2D eigenvalue weighted by atomic mass is 10.1. The summed E-state index contributed by atoms with van der Waals surface area (Å²) in [6.45, 7) is 6.01. The average Bonchev–Trinajstić information content (AvgIpc) is 3.17. The maximum Gasteiger partial charge on any atom is 0.257 e. The van der Waals surface area contributed by atoms with Gasteiger partial charge in [-0.3, -0.25) is 4.90 Å². The van der Waals surface area contributed by atoms with E-state index in [0.29, 0.717) is 42.5 Å². The second-order valence-corrected chi connectivity index (χ2v) is 10.6. The van der Waals surface area contributed by atoms with Crippen molar-refractivity contribution < 1.29 is 17.9 Å². The van der Waals surface area contributed by atoms with Crippen LogP contribution < -0.4 is 14.2 Å². The van der Waals surface area contributed by atoms with Crippen LogP contribution in [0.2, 0.25) is 0 Å². The van der Waals surface area contributed by atoms with E-state index < -0.39 is 10.0 Å². The third-order valence-electron chi connectivity index (χ3n) is 6.39. The molecule has 1 aromatic heterocycles. The fraction of sp³-hybridized carbons (Fsp3) is 0.500. The molecule has 2 fully saturated rings. The lowest BCUT2D eigenvalue weighted by Gasteiger charge is -2.26. The van der Waals surface area contributed by atoms with Gasteiger partial charge in [0.05, 0.1) is 6.26 Å². The molecule has 2 aliphatic heterocycles. The van der Waals surface area contributed by atoms with Crippen molar-refractivity contribution in [2.24, 2.45) is 17.8 Å². The monoisotopic (exact) mass is 429 g/mol. The molecule has 160 valence electrons. The number of rotatable bonds is 6. The molecule has 0 amide bonds. The Morgan fingerprint density at radius 3 is 2.57 bits per heavy atom. The average molecular weight is 430 g/mol. The van der Waals surface area contributed by atoms with Crippen LogP contribution in [0.5, 0.6) is 11.6 Å². The van der Waals surface area contributed by atoms with E-state index in [0.717, 1.165) is 30.9 Å². The SMILES string of the molecule is Cc1ccc2c(n1)O[C@@H](c1ccc(CN3CC4C(CNS(C)(=O)=O)[C@@H]4C3)cc1)CO2. The highest BCUT2D eigenvalue weighted by Crippen LogP contribution is 2.51. The normalized spacial score (nSPS) is 27.7. The Morgan fingerprint density at radius 2 is 1.87 bits per heavy atom. The third kappa shape index (κ3) is 4.17. The van der Waals surface area contributed by atoms with Crippen molar-refractivity contribution in [2.45, 2.75) is 19.6 Å². The number of nitrogens with one attached hydrogen (secondary N) is 1. The first-order chi connectivity index (χ1) is 14.4. The fourth-order valence-corrected chi connectivity index (χ4v) is 5.22. The van der Waals surface area contributed by atoms with E-state index in [1.165, 1.54) is 11.8 Å². The van der Waals surface area contributed by atoms with Crippen molar-refractivity contribution in [1.82, 2.24) is 14.6 Å². The van der Waals surface area contributed by atoms with E-state index in [2.05, 4.69) is 38.9 Å². The van der Waals surface area contributed by atoms with Gasteiger partial charge in [0, 0.05) is 31.9 Å². The van der Waals surface area contributed by atoms with Crippen molar-refractivity contribution in [3.05, 3.63) is 53.2 Å². The first kappa shape index (κ1) is 19.8. The molecule has 3 heterocycles. The van der Waals surface area contributed by atoms with Crippen LogP contribution in [0, 0.1) is 24.7 Å². The largest absolute Gasteiger partial charge is 0.484 e. The molecule has 3 aliphatic rings. The molecule has 2 aromatic rings. The third-order valence-corrected chi connectivity index (χ3v) is 7.09. The molecule has 1 N–H and O–H groups in total. The molecule has 0 spiro atoms. The van der Waals surface area contributed by atoms with Crippen molar-refractivity contribution in [2.75, 3.05) is 32.5 Å². The highest BCUT2D eigenvalue weighted by atomic mass is 32.2. The molecular weight excluding hydrogens is 402 g/mol. The Hall–Kier alpha value is -2.16. The van der Waals surface area contributed by atoms with Gasteiger partial charge < -0.3 is 9.47 Å². The van der Waals surface area contributed by atoms with Gasteiger partial charge in [-0.05, 0) is 47.9 Å². The lowest BCUT2D eigenvalue weighted by molar-refractivity contribution is 0.0848. The van der Waals surface area contributed by atoms with Gasteiger partial charge >= 0.3 is 0 Å². The Balaban J connectivity index is 1.14. The van der Waals surface area contributed by atoms with Gasteiger partial charge in [-0.25, -0.2) is 18.1 Å². The summed E-state index contributed by atoms with van der Waals surface area (Å²) in [7, 11) is -3.09. The summed E-state index contributed by atoms with van der Waals surface area (Å²) in [5.41, 5.74) is 3.27. The summed E-state index contributed by atoms with van der Waals surface area (Å²) < 4.78 is 37.0. The van der Waals surface area contributed by atoms with E-state index in [4.69, 9.17) is 9.47 Å². The topological polar surface area (TPSA) is 80.8 Å². The minimum Gasteiger partial charge on any atom is -0.484 e. The maximum atomic E-state index is 11.3. The van der Waals surface area contributed by atoms with Crippen LogP contribution in [0.4, 0.5) is 0 Å². The molecule has 2 unspecified atom stereocenters. The molecule has 0 radical (unpaired) electrons. The standard InChI is InChI=1S/C22H27N3O4S/c1-14-3-8-20-22(24-14)29-21(13-28-20)16-6-4-15(5-7-16)10-25-11-18-17(19(18)12-25)9-23-30(2,26)27/h3-8,17-19,21,23H,9-13H2,1-2H3/t17?,18-,19?,21+/m0/s1. The number of hydrogen-bond acceptors (Lipinski definition) is 6. The molecule has 8 heteroatoms. The Kier molecular flexibility index (Phi) is 4.95. The number of aryl methyl sites for hydroxylation is 1. The first-order valence-electron chi connectivity index (χ1n) is 10.4. The van der Waals surface area contributed by atoms with Crippen LogP contribution in [-0.2, 0) is 16.6 Å². The zero-order valence-electron chi connectivity index (χ0n) is 17.2. The van der Waals surface area contributed by atoms with Crippen molar-refractivity contribution in [3.63, 3.8) is 0 Å². The molecular formula is C22H27N3O4S. The summed E-state index contributed by atoms with van der Waals surface area (Å²) >= 11 is 0. The van der Waals surface area contributed by atoms with E-state index in [1.54, 1.807) is 0 Å². The van der Waals surface area contributed by atoms with Crippen molar-refractivity contribution >= 4 is 10.0 Å².